The molecule has 0 aromatic carbocycles. The zero-order chi connectivity index (χ0) is 11.0. The highest BCUT2D eigenvalue weighted by atomic mass is 16.5. The maximum atomic E-state index is 5.76. The van der Waals surface area contributed by atoms with Crippen molar-refractivity contribution in [3.63, 3.8) is 0 Å². The van der Waals surface area contributed by atoms with Gasteiger partial charge in [-0.1, -0.05) is 0 Å². The van der Waals surface area contributed by atoms with Gasteiger partial charge in [0, 0.05) is 18.5 Å². The fourth-order valence-electron chi connectivity index (χ4n) is 2.79. The summed E-state index contributed by atoms with van der Waals surface area (Å²) in [5, 5.41) is 10.7. The van der Waals surface area contributed by atoms with E-state index in [-0.39, 0.29) is 0 Å². The van der Waals surface area contributed by atoms with Gasteiger partial charge in [-0.05, 0) is 26.2 Å². The van der Waals surface area contributed by atoms with Gasteiger partial charge in [0.25, 0.3) is 0 Å². The van der Waals surface area contributed by atoms with Crippen LogP contribution in [0, 0.1) is 6.92 Å². The second-order valence-corrected chi connectivity index (χ2v) is 4.76. The molecule has 2 N–H and O–H groups in total. The van der Waals surface area contributed by atoms with Crippen molar-refractivity contribution in [1.82, 2.24) is 20.5 Å². The van der Waals surface area contributed by atoms with Gasteiger partial charge in [-0.3, -0.25) is 5.10 Å². The number of ether oxygens (including phenoxy) is 1. The zero-order valence-electron chi connectivity index (χ0n) is 9.57. The fraction of sp³-hybridized carbons (Fsp3) is 0.818. The minimum atomic E-state index is 0.407. The molecule has 0 spiro atoms. The van der Waals surface area contributed by atoms with Gasteiger partial charge in [-0.2, -0.15) is 5.10 Å². The molecule has 88 valence electrons. The molecular weight excluding hydrogens is 204 g/mol. The molecule has 5 nitrogen and oxygen atoms in total. The lowest BCUT2D eigenvalue weighted by molar-refractivity contribution is -0.0279. The molecule has 0 bridgehead atoms. The normalized spacial score (nSPS) is 34.7. The number of rotatable bonds is 1. The molecule has 3 atom stereocenters. The van der Waals surface area contributed by atoms with Gasteiger partial charge >= 0.3 is 0 Å². The van der Waals surface area contributed by atoms with E-state index in [9.17, 15) is 0 Å². The summed E-state index contributed by atoms with van der Waals surface area (Å²) in [4.78, 5) is 4.44. The first-order valence-electron chi connectivity index (χ1n) is 6.07. The highest BCUT2D eigenvalue weighted by Gasteiger charge is 2.34. The predicted octanol–water partition coefficient (Wildman–Crippen LogP) is 0.738. The lowest BCUT2D eigenvalue weighted by atomic mass is 9.82. The molecule has 1 saturated carbocycles. The van der Waals surface area contributed by atoms with Crippen molar-refractivity contribution in [3.05, 3.63) is 11.6 Å². The topological polar surface area (TPSA) is 62.8 Å². The Labute approximate surface area is 95.0 Å². The second kappa shape index (κ2) is 4.14. The summed E-state index contributed by atoms with van der Waals surface area (Å²) >= 11 is 0. The highest BCUT2D eigenvalue weighted by molar-refractivity contribution is 5.03. The highest BCUT2D eigenvalue weighted by Crippen LogP contribution is 2.33. The summed E-state index contributed by atoms with van der Waals surface area (Å²) in [6.45, 7) is 3.77. The molecule has 16 heavy (non-hydrogen) atoms. The zero-order valence-corrected chi connectivity index (χ0v) is 9.57. The standard InChI is InChI=1S/C11H18N4O/c1-7-13-11(15-14-7)8-2-3-10-9(6-8)12-4-5-16-10/h8-10,12H,2-6H2,1H3,(H,13,14,15)/t8-,9+,10+/m0/s1. The lowest BCUT2D eigenvalue weighted by Gasteiger charge is -2.38. The molecule has 1 saturated heterocycles. The average molecular weight is 222 g/mol. The summed E-state index contributed by atoms with van der Waals surface area (Å²) in [5.74, 6) is 2.37. The number of nitrogens with zero attached hydrogens (tertiary/aromatic N) is 2. The van der Waals surface area contributed by atoms with Crippen molar-refractivity contribution in [1.29, 1.82) is 0 Å². The average Bonchev–Trinajstić information content (AvgIpc) is 2.75. The Kier molecular flexibility index (Phi) is 2.65. The second-order valence-electron chi connectivity index (χ2n) is 4.76. The number of aromatic amines is 1. The van der Waals surface area contributed by atoms with E-state index in [0.717, 1.165) is 44.1 Å². The number of hydrogen-bond acceptors (Lipinski definition) is 4. The number of fused-ring (bicyclic) bond motifs is 1. The Morgan fingerprint density at radius 3 is 3.12 bits per heavy atom. The molecule has 1 aliphatic heterocycles. The van der Waals surface area contributed by atoms with Crippen molar-refractivity contribution >= 4 is 0 Å². The van der Waals surface area contributed by atoms with Crippen LogP contribution in [0.25, 0.3) is 0 Å². The molecule has 1 aromatic rings. The minimum Gasteiger partial charge on any atom is -0.375 e. The molecule has 0 radical (unpaired) electrons. The van der Waals surface area contributed by atoms with Crippen molar-refractivity contribution in [2.24, 2.45) is 0 Å². The first-order valence-corrected chi connectivity index (χ1v) is 6.07. The molecule has 5 heteroatoms. The van der Waals surface area contributed by atoms with E-state index in [4.69, 9.17) is 4.74 Å². The number of nitrogens with one attached hydrogen (secondary N) is 2. The number of morpholine rings is 1. The SMILES string of the molecule is Cc1nc([C@H]2CC[C@H]3OCCN[C@@H]3C2)n[nH]1. The van der Waals surface area contributed by atoms with Crippen LogP contribution in [0.4, 0.5) is 0 Å². The van der Waals surface area contributed by atoms with Crippen LogP contribution >= 0.6 is 0 Å². The Bertz CT molecular complexity index is 365. The van der Waals surface area contributed by atoms with Crippen LogP contribution in [-0.4, -0.2) is 40.5 Å². The van der Waals surface area contributed by atoms with E-state index in [0.29, 0.717) is 18.1 Å². The fourth-order valence-corrected chi connectivity index (χ4v) is 2.79. The molecule has 2 heterocycles. The largest absolute Gasteiger partial charge is 0.375 e. The van der Waals surface area contributed by atoms with E-state index >= 15 is 0 Å². The van der Waals surface area contributed by atoms with Crippen LogP contribution in [0.15, 0.2) is 0 Å². The number of aromatic nitrogens is 3. The molecule has 2 aliphatic rings. The third-order valence-corrected chi connectivity index (χ3v) is 3.61. The van der Waals surface area contributed by atoms with E-state index in [1.54, 1.807) is 0 Å². The maximum Gasteiger partial charge on any atom is 0.153 e. The van der Waals surface area contributed by atoms with Crippen LogP contribution in [0.3, 0.4) is 0 Å². The molecule has 1 aliphatic carbocycles. The van der Waals surface area contributed by atoms with Crippen molar-refractivity contribution in [2.75, 3.05) is 13.2 Å². The smallest absolute Gasteiger partial charge is 0.153 e. The Hall–Kier alpha value is -0.940. The summed E-state index contributed by atoms with van der Waals surface area (Å²) < 4.78 is 5.76. The predicted molar refractivity (Wildman–Crippen MR) is 59.2 cm³/mol. The van der Waals surface area contributed by atoms with Crippen molar-refractivity contribution in [3.8, 4) is 0 Å². The van der Waals surface area contributed by atoms with Gasteiger partial charge in [-0.25, -0.2) is 4.98 Å². The van der Waals surface area contributed by atoms with E-state index in [2.05, 4.69) is 20.5 Å². The molecule has 1 aromatic heterocycles. The summed E-state index contributed by atoms with van der Waals surface area (Å²) in [6.07, 6.45) is 3.77. The monoisotopic (exact) mass is 222 g/mol. The van der Waals surface area contributed by atoms with E-state index in [1.807, 2.05) is 6.92 Å². The summed E-state index contributed by atoms with van der Waals surface area (Å²) in [7, 11) is 0. The van der Waals surface area contributed by atoms with Gasteiger partial charge < -0.3 is 10.1 Å². The third-order valence-electron chi connectivity index (χ3n) is 3.61. The Balaban J connectivity index is 1.70. The van der Waals surface area contributed by atoms with Crippen LogP contribution in [0.2, 0.25) is 0 Å². The molecule has 0 amide bonds. The first kappa shape index (κ1) is 10.2. The summed E-state index contributed by atoms with van der Waals surface area (Å²) in [6, 6.07) is 0.492. The molecule has 3 rings (SSSR count). The van der Waals surface area contributed by atoms with Gasteiger partial charge in [-0.15, -0.1) is 0 Å². The Morgan fingerprint density at radius 1 is 1.38 bits per heavy atom. The van der Waals surface area contributed by atoms with Gasteiger partial charge in [0.2, 0.25) is 0 Å². The van der Waals surface area contributed by atoms with E-state index < -0.39 is 0 Å². The van der Waals surface area contributed by atoms with Crippen LogP contribution < -0.4 is 5.32 Å². The van der Waals surface area contributed by atoms with Gasteiger partial charge in [0.1, 0.15) is 5.82 Å². The maximum absolute atomic E-state index is 5.76. The molecular formula is C11H18N4O. The minimum absolute atomic E-state index is 0.407. The van der Waals surface area contributed by atoms with Crippen molar-refractivity contribution in [2.45, 2.75) is 44.2 Å². The van der Waals surface area contributed by atoms with E-state index in [1.165, 1.54) is 0 Å². The molecule has 2 fully saturated rings. The third kappa shape index (κ3) is 1.85. The molecule has 0 unspecified atom stereocenters. The van der Waals surface area contributed by atoms with Gasteiger partial charge in [0.15, 0.2) is 5.82 Å². The Morgan fingerprint density at radius 2 is 2.31 bits per heavy atom. The number of aryl methyl sites for hydroxylation is 1. The quantitative estimate of drug-likeness (QED) is 0.735. The summed E-state index contributed by atoms with van der Waals surface area (Å²) in [5.41, 5.74) is 0. The van der Waals surface area contributed by atoms with Gasteiger partial charge in [0.05, 0.1) is 12.7 Å². The van der Waals surface area contributed by atoms with Crippen LogP contribution in [0.5, 0.6) is 0 Å². The first-order chi connectivity index (χ1) is 7.83. The van der Waals surface area contributed by atoms with Crippen LogP contribution in [0.1, 0.15) is 36.8 Å². The number of H-pyrrole nitrogens is 1. The van der Waals surface area contributed by atoms with Crippen LogP contribution in [-0.2, 0) is 4.74 Å². The number of hydrogen-bond donors (Lipinski definition) is 2. The van der Waals surface area contributed by atoms with Crippen molar-refractivity contribution < 1.29 is 4.74 Å². The lowest BCUT2D eigenvalue weighted by Crippen LogP contribution is -2.51.